The molecule has 6 nitrogen and oxygen atoms in total. The Kier molecular flexibility index (Phi) is 4.01. The van der Waals surface area contributed by atoms with E-state index < -0.39 is 0 Å². The smallest absolute Gasteiger partial charge is 0.277 e. The van der Waals surface area contributed by atoms with Gasteiger partial charge in [-0.05, 0) is 19.4 Å². The Morgan fingerprint density at radius 3 is 3.06 bits per heavy atom. The first-order valence-electron chi connectivity index (χ1n) is 5.56. The van der Waals surface area contributed by atoms with Crippen molar-refractivity contribution in [1.82, 2.24) is 20.4 Å². The first-order valence-corrected chi connectivity index (χ1v) is 6.55. The Hall–Kier alpha value is -1.08. The minimum Gasteiger partial charge on any atom is -0.414 e. The van der Waals surface area contributed by atoms with Gasteiger partial charge in [-0.3, -0.25) is 4.79 Å². The molecule has 1 aliphatic rings. The van der Waals surface area contributed by atoms with Gasteiger partial charge in [0.15, 0.2) is 0 Å². The summed E-state index contributed by atoms with van der Waals surface area (Å²) >= 11 is 1.28. The number of carbonyl (C=O) groups excluding carboxylic acids is 1. The van der Waals surface area contributed by atoms with Crippen LogP contribution in [0.25, 0.3) is 0 Å². The van der Waals surface area contributed by atoms with Crippen molar-refractivity contribution in [3.8, 4) is 0 Å². The van der Waals surface area contributed by atoms with Gasteiger partial charge < -0.3 is 14.6 Å². The number of hydrogen-bond donors (Lipinski definition) is 1. The van der Waals surface area contributed by atoms with Gasteiger partial charge in [-0.2, -0.15) is 0 Å². The fraction of sp³-hybridized carbons (Fsp3) is 0.700. The molecular formula is C10H16N4O2S. The molecule has 2 heterocycles. The van der Waals surface area contributed by atoms with Crippen LogP contribution in [-0.2, 0) is 4.79 Å². The average Bonchev–Trinajstić information content (AvgIpc) is 2.95. The second-order valence-electron chi connectivity index (χ2n) is 4.13. The van der Waals surface area contributed by atoms with Crippen molar-refractivity contribution in [2.75, 3.05) is 26.4 Å². The van der Waals surface area contributed by atoms with E-state index in [1.165, 1.54) is 11.8 Å². The van der Waals surface area contributed by atoms with Crippen molar-refractivity contribution in [2.24, 2.45) is 0 Å². The van der Waals surface area contributed by atoms with Crippen molar-refractivity contribution >= 4 is 17.7 Å². The van der Waals surface area contributed by atoms with Crippen LogP contribution >= 0.6 is 11.8 Å². The first-order chi connectivity index (χ1) is 8.16. The van der Waals surface area contributed by atoms with Crippen LogP contribution in [-0.4, -0.2) is 47.4 Å². The van der Waals surface area contributed by atoms with Gasteiger partial charge in [0.05, 0.1) is 11.8 Å². The third-order valence-corrected chi connectivity index (χ3v) is 3.40. The minimum absolute atomic E-state index is 0.0359. The van der Waals surface area contributed by atoms with Crippen LogP contribution in [0.2, 0.25) is 0 Å². The number of amides is 1. The molecule has 0 spiro atoms. The zero-order valence-electron chi connectivity index (χ0n) is 9.97. The van der Waals surface area contributed by atoms with Gasteiger partial charge in [-0.15, -0.1) is 10.2 Å². The molecule has 2 rings (SSSR count). The lowest BCUT2D eigenvalue weighted by Crippen LogP contribution is -2.23. The minimum atomic E-state index is 0.0359. The number of aromatic nitrogens is 2. The molecule has 17 heavy (non-hydrogen) atoms. The average molecular weight is 256 g/mol. The fourth-order valence-corrected chi connectivity index (χ4v) is 2.32. The zero-order valence-corrected chi connectivity index (χ0v) is 10.8. The van der Waals surface area contributed by atoms with E-state index >= 15 is 0 Å². The molecule has 1 aromatic heterocycles. The molecule has 1 fully saturated rings. The van der Waals surface area contributed by atoms with E-state index in [1.54, 1.807) is 19.0 Å². The van der Waals surface area contributed by atoms with Crippen molar-refractivity contribution in [3.05, 3.63) is 5.89 Å². The SMILES string of the molecule is CN(C)C(=O)CSc1nnc([C@@H]2CCCN2)o1. The van der Waals surface area contributed by atoms with Crippen LogP contribution < -0.4 is 5.32 Å². The summed E-state index contributed by atoms with van der Waals surface area (Å²) in [6, 6.07) is 0.182. The van der Waals surface area contributed by atoms with Gasteiger partial charge in [-0.25, -0.2) is 0 Å². The summed E-state index contributed by atoms with van der Waals surface area (Å²) in [5.41, 5.74) is 0. The number of rotatable bonds is 4. The van der Waals surface area contributed by atoms with Crippen LogP contribution in [0.4, 0.5) is 0 Å². The molecule has 1 atom stereocenters. The fourth-order valence-electron chi connectivity index (χ4n) is 1.57. The van der Waals surface area contributed by atoms with E-state index in [2.05, 4.69) is 15.5 Å². The number of nitrogens with zero attached hydrogens (tertiary/aromatic N) is 3. The third kappa shape index (κ3) is 3.19. The maximum Gasteiger partial charge on any atom is 0.277 e. The highest BCUT2D eigenvalue weighted by molar-refractivity contribution is 7.99. The summed E-state index contributed by atoms with van der Waals surface area (Å²) in [5, 5.41) is 11.7. The predicted octanol–water partition coefficient (Wildman–Crippen LogP) is 0.674. The molecule has 0 bridgehead atoms. The molecule has 1 saturated heterocycles. The largest absolute Gasteiger partial charge is 0.414 e. The van der Waals surface area contributed by atoms with Crippen LogP contribution in [0, 0.1) is 0 Å². The van der Waals surface area contributed by atoms with Crippen molar-refractivity contribution in [2.45, 2.75) is 24.1 Å². The highest BCUT2D eigenvalue weighted by Crippen LogP contribution is 2.24. The lowest BCUT2D eigenvalue weighted by Gasteiger charge is -2.07. The van der Waals surface area contributed by atoms with Crippen molar-refractivity contribution < 1.29 is 9.21 Å². The summed E-state index contributed by atoms with van der Waals surface area (Å²) in [4.78, 5) is 12.9. The van der Waals surface area contributed by atoms with E-state index in [4.69, 9.17) is 4.42 Å². The summed E-state index contributed by atoms with van der Waals surface area (Å²) in [7, 11) is 3.45. The van der Waals surface area contributed by atoms with Gasteiger partial charge in [-0.1, -0.05) is 11.8 Å². The molecule has 1 aromatic rings. The lowest BCUT2D eigenvalue weighted by molar-refractivity contribution is -0.125. The number of hydrogen-bond acceptors (Lipinski definition) is 6. The molecule has 0 aliphatic carbocycles. The van der Waals surface area contributed by atoms with Gasteiger partial charge in [0.1, 0.15) is 0 Å². The highest BCUT2D eigenvalue weighted by Gasteiger charge is 2.22. The van der Waals surface area contributed by atoms with Crippen molar-refractivity contribution in [1.29, 1.82) is 0 Å². The van der Waals surface area contributed by atoms with Crippen LogP contribution in [0.5, 0.6) is 0 Å². The van der Waals surface area contributed by atoms with Crippen LogP contribution in [0.3, 0.4) is 0 Å². The quantitative estimate of drug-likeness (QED) is 0.799. The van der Waals surface area contributed by atoms with Gasteiger partial charge in [0, 0.05) is 14.1 Å². The molecule has 1 amide bonds. The number of carbonyl (C=O) groups is 1. The Morgan fingerprint density at radius 1 is 1.59 bits per heavy atom. The van der Waals surface area contributed by atoms with E-state index in [0.717, 1.165) is 19.4 Å². The topological polar surface area (TPSA) is 71.3 Å². The zero-order chi connectivity index (χ0) is 12.3. The predicted molar refractivity (Wildman–Crippen MR) is 63.7 cm³/mol. The molecule has 7 heteroatoms. The van der Waals surface area contributed by atoms with Crippen LogP contribution in [0.15, 0.2) is 9.64 Å². The summed E-state index contributed by atoms with van der Waals surface area (Å²) in [5.74, 6) is 0.989. The lowest BCUT2D eigenvalue weighted by atomic mass is 10.2. The Balaban J connectivity index is 1.87. The summed E-state index contributed by atoms with van der Waals surface area (Å²) < 4.78 is 5.51. The van der Waals surface area contributed by atoms with E-state index in [1.807, 2.05) is 0 Å². The molecule has 0 radical (unpaired) electrons. The van der Waals surface area contributed by atoms with E-state index in [0.29, 0.717) is 16.9 Å². The molecule has 1 aliphatic heterocycles. The van der Waals surface area contributed by atoms with Gasteiger partial charge in [0.25, 0.3) is 5.22 Å². The standard InChI is InChI=1S/C10H16N4O2S/c1-14(2)8(15)6-17-10-13-12-9(16-10)7-4-3-5-11-7/h7,11H,3-6H2,1-2H3/t7-/m0/s1. The monoisotopic (exact) mass is 256 g/mol. The second kappa shape index (κ2) is 5.50. The van der Waals surface area contributed by atoms with E-state index in [9.17, 15) is 4.79 Å². The maximum absolute atomic E-state index is 11.4. The normalized spacial score (nSPS) is 19.5. The molecule has 0 unspecified atom stereocenters. The third-order valence-electron chi connectivity index (χ3n) is 2.60. The van der Waals surface area contributed by atoms with Gasteiger partial charge >= 0.3 is 0 Å². The van der Waals surface area contributed by atoms with Crippen LogP contribution in [0.1, 0.15) is 24.8 Å². The molecule has 94 valence electrons. The highest BCUT2D eigenvalue weighted by atomic mass is 32.2. The Bertz CT molecular complexity index is 387. The number of nitrogens with one attached hydrogen (secondary N) is 1. The number of thioether (sulfide) groups is 1. The summed E-state index contributed by atoms with van der Waals surface area (Å²) in [6.45, 7) is 0.995. The molecule has 0 aromatic carbocycles. The van der Waals surface area contributed by atoms with E-state index in [-0.39, 0.29) is 11.9 Å². The van der Waals surface area contributed by atoms with Gasteiger partial charge in [0.2, 0.25) is 11.8 Å². The van der Waals surface area contributed by atoms with Crippen molar-refractivity contribution in [3.63, 3.8) is 0 Å². The second-order valence-corrected chi connectivity index (χ2v) is 5.06. The molecular weight excluding hydrogens is 240 g/mol. The maximum atomic E-state index is 11.4. The molecule has 1 N–H and O–H groups in total. The first kappa shape index (κ1) is 12.4. The Morgan fingerprint density at radius 2 is 2.41 bits per heavy atom. The molecule has 0 saturated carbocycles. The summed E-state index contributed by atoms with van der Waals surface area (Å²) in [6.07, 6.45) is 2.16. The Labute approximate surface area is 104 Å².